The monoisotopic (exact) mass is 446 g/mol. The first-order chi connectivity index (χ1) is 16.5. The lowest BCUT2D eigenvalue weighted by atomic mass is 10.0. The fourth-order valence-electron chi connectivity index (χ4n) is 3.72. The Labute approximate surface area is 200 Å². The number of rotatable bonds is 6. The number of nitriles is 1. The van der Waals surface area contributed by atoms with Gasteiger partial charge in [-0.15, -0.1) is 0 Å². The second kappa shape index (κ2) is 10.0. The molecule has 1 heterocycles. The summed E-state index contributed by atoms with van der Waals surface area (Å²) >= 11 is 0. The minimum absolute atomic E-state index is 0.0282. The predicted octanol–water partition coefficient (Wildman–Crippen LogP) is 5.94. The van der Waals surface area contributed by atoms with Crippen LogP contribution in [0.1, 0.15) is 35.2 Å². The molecular formula is C29H26N4O. The normalized spacial score (nSPS) is 12.1. The summed E-state index contributed by atoms with van der Waals surface area (Å²) in [5, 5.41) is 17.5. The number of nitrogens with one attached hydrogen (secondary N) is 1. The van der Waals surface area contributed by atoms with Crippen molar-refractivity contribution in [2.24, 2.45) is 0 Å². The third kappa shape index (κ3) is 4.97. The van der Waals surface area contributed by atoms with Crippen LogP contribution in [-0.4, -0.2) is 15.7 Å². The zero-order chi connectivity index (χ0) is 24.1. The maximum atomic E-state index is 13.0. The van der Waals surface area contributed by atoms with E-state index in [0.717, 1.165) is 22.4 Å². The number of amides is 1. The number of benzene rings is 3. The molecule has 3 aromatic carbocycles. The van der Waals surface area contributed by atoms with Gasteiger partial charge in [-0.3, -0.25) is 4.79 Å². The van der Waals surface area contributed by atoms with E-state index in [-0.39, 0.29) is 11.6 Å². The average molecular weight is 447 g/mol. The molecule has 5 heteroatoms. The molecular weight excluding hydrogens is 420 g/mol. The van der Waals surface area contributed by atoms with Gasteiger partial charge in [0.15, 0.2) is 0 Å². The molecule has 168 valence electrons. The molecule has 0 saturated carbocycles. The topological polar surface area (TPSA) is 70.7 Å². The molecule has 0 fully saturated rings. The van der Waals surface area contributed by atoms with Gasteiger partial charge in [-0.05, 0) is 55.7 Å². The molecule has 0 spiro atoms. The maximum Gasteiger partial charge on any atom is 0.262 e. The van der Waals surface area contributed by atoms with Gasteiger partial charge in [0, 0.05) is 17.3 Å². The highest BCUT2D eigenvalue weighted by molar-refractivity contribution is 6.02. The summed E-state index contributed by atoms with van der Waals surface area (Å²) in [5.74, 6) is -0.417. The highest BCUT2D eigenvalue weighted by atomic mass is 16.1. The number of hydrogen-bond donors (Lipinski definition) is 1. The lowest BCUT2D eigenvalue weighted by Crippen LogP contribution is -2.27. The summed E-state index contributed by atoms with van der Waals surface area (Å²) in [7, 11) is 0. The third-order valence-electron chi connectivity index (χ3n) is 5.85. The lowest BCUT2D eigenvalue weighted by Gasteiger charge is -2.15. The number of aryl methyl sites for hydroxylation is 2. The van der Waals surface area contributed by atoms with Gasteiger partial charge in [0.25, 0.3) is 5.91 Å². The highest BCUT2D eigenvalue weighted by Crippen LogP contribution is 2.26. The van der Waals surface area contributed by atoms with Crippen LogP contribution in [0.15, 0.2) is 90.6 Å². The summed E-state index contributed by atoms with van der Waals surface area (Å²) in [6.07, 6.45) is 3.45. The minimum Gasteiger partial charge on any atom is -0.345 e. The largest absolute Gasteiger partial charge is 0.345 e. The Morgan fingerprint density at radius 1 is 1.00 bits per heavy atom. The van der Waals surface area contributed by atoms with Gasteiger partial charge in [0.1, 0.15) is 11.6 Å². The second-order valence-electron chi connectivity index (χ2n) is 8.29. The summed E-state index contributed by atoms with van der Waals surface area (Å²) < 4.78 is 1.76. The van der Waals surface area contributed by atoms with Crippen LogP contribution < -0.4 is 5.32 Å². The van der Waals surface area contributed by atoms with Gasteiger partial charge < -0.3 is 5.32 Å². The Balaban J connectivity index is 1.68. The van der Waals surface area contributed by atoms with Gasteiger partial charge in [-0.1, -0.05) is 66.7 Å². The van der Waals surface area contributed by atoms with E-state index in [0.29, 0.717) is 11.3 Å². The Morgan fingerprint density at radius 2 is 1.68 bits per heavy atom. The molecule has 5 nitrogen and oxygen atoms in total. The number of nitrogens with zero attached hydrogens (tertiary/aromatic N) is 3. The molecule has 0 saturated heterocycles. The SMILES string of the molecule is Cc1ccc([C@@H](C)NC(=O)/C(C#N)=C/c2cn(-c3ccccc3)nc2-c2ccccc2)cc1C. The van der Waals surface area contributed by atoms with Crippen molar-refractivity contribution < 1.29 is 4.79 Å². The number of carbonyl (C=O) groups excluding carboxylic acids is 1. The van der Waals surface area contributed by atoms with Crippen LogP contribution in [0.5, 0.6) is 0 Å². The molecule has 4 rings (SSSR count). The van der Waals surface area contributed by atoms with Crippen molar-refractivity contribution in [2.45, 2.75) is 26.8 Å². The number of carbonyl (C=O) groups is 1. The quantitative estimate of drug-likeness (QED) is 0.294. The van der Waals surface area contributed by atoms with Crippen molar-refractivity contribution in [3.63, 3.8) is 0 Å². The minimum atomic E-state index is -0.417. The van der Waals surface area contributed by atoms with Gasteiger partial charge in [-0.25, -0.2) is 4.68 Å². The Morgan fingerprint density at radius 3 is 2.32 bits per heavy atom. The fourth-order valence-corrected chi connectivity index (χ4v) is 3.72. The van der Waals surface area contributed by atoms with E-state index in [4.69, 9.17) is 5.10 Å². The van der Waals surface area contributed by atoms with Gasteiger partial charge >= 0.3 is 0 Å². The lowest BCUT2D eigenvalue weighted by molar-refractivity contribution is -0.117. The predicted molar refractivity (Wildman–Crippen MR) is 135 cm³/mol. The van der Waals surface area contributed by atoms with Crippen LogP contribution in [-0.2, 0) is 4.79 Å². The fraction of sp³-hybridized carbons (Fsp3) is 0.138. The smallest absolute Gasteiger partial charge is 0.262 e. The van der Waals surface area contributed by atoms with Crippen molar-refractivity contribution >= 4 is 12.0 Å². The van der Waals surface area contributed by atoms with E-state index in [1.807, 2.05) is 92.8 Å². The standard InChI is InChI=1S/C29H26N4O/c1-20-14-15-24(16-21(20)2)22(3)31-29(34)25(18-30)17-26-19-33(27-12-8-5-9-13-27)32-28(26)23-10-6-4-7-11-23/h4-17,19,22H,1-3H3,(H,31,34)/b25-17+/t22-/m1/s1. The maximum absolute atomic E-state index is 13.0. The zero-order valence-corrected chi connectivity index (χ0v) is 19.5. The Kier molecular flexibility index (Phi) is 6.70. The molecule has 1 atom stereocenters. The molecule has 34 heavy (non-hydrogen) atoms. The van der Waals surface area contributed by atoms with Crippen LogP contribution >= 0.6 is 0 Å². The van der Waals surface area contributed by atoms with Crippen molar-refractivity contribution in [3.05, 3.63) is 113 Å². The van der Waals surface area contributed by atoms with Crippen LogP contribution in [0.4, 0.5) is 0 Å². The molecule has 0 radical (unpaired) electrons. The molecule has 1 aromatic heterocycles. The number of aromatic nitrogens is 2. The van der Waals surface area contributed by atoms with Crippen molar-refractivity contribution in [1.29, 1.82) is 5.26 Å². The van der Waals surface area contributed by atoms with E-state index < -0.39 is 5.91 Å². The van der Waals surface area contributed by atoms with Crippen LogP contribution in [0.2, 0.25) is 0 Å². The molecule has 0 bridgehead atoms. The van der Waals surface area contributed by atoms with Gasteiger partial charge in [0.05, 0.1) is 17.4 Å². The van der Waals surface area contributed by atoms with E-state index in [9.17, 15) is 10.1 Å². The van der Waals surface area contributed by atoms with E-state index in [1.54, 1.807) is 10.8 Å². The van der Waals surface area contributed by atoms with Crippen molar-refractivity contribution in [2.75, 3.05) is 0 Å². The van der Waals surface area contributed by atoms with Gasteiger partial charge in [-0.2, -0.15) is 10.4 Å². The second-order valence-corrected chi connectivity index (χ2v) is 8.29. The van der Waals surface area contributed by atoms with Gasteiger partial charge in [0.2, 0.25) is 0 Å². The summed E-state index contributed by atoms with van der Waals surface area (Å²) in [4.78, 5) is 13.0. The molecule has 4 aromatic rings. The zero-order valence-electron chi connectivity index (χ0n) is 19.5. The highest BCUT2D eigenvalue weighted by Gasteiger charge is 2.17. The van der Waals surface area contributed by atoms with E-state index >= 15 is 0 Å². The number of para-hydroxylation sites is 1. The molecule has 1 amide bonds. The Bertz CT molecular complexity index is 1380. The Hall–Kier alpha value is -4.43. The number of hydrogen-bond acceptors (Lipinski definition) is 3. The van der Waals surface area contributed by atoms with Crippen LogP contribution in [0, 0.1) is 25.2 Å². The first-order valence-corrected chi connectivity index (χ1v) is 11.2. The van der Waals surface area contributed by atoms with E-state index in [1.165, 1.54) is 5.56 Å². The first kappa shape index (κ1) is 22.8. The molecule has 0 unspecified atom stereocenters. The summed E-state index contributed by atoms with van der Waals surface area (Å²) in [5.41, 5.74) is 6.58. The average Bonchev–Trinajstić information content (AvgIpc) is 3.29. The molecule has 1 N–H and O–H groups in total. The molecule has 0 aliphatic carbocycles. The third-order valence-corrected chi connectivity index (χ3v) is 5.85. The van der Waals surface area contributed by atoms with Crippen LogP contribution in [0.25, 0.3) is 23.0 Å². The summed E-state index contributed by atoms with van der Waals surface area (Å²) in [6.45, 7) is 6.02. The first-order valence-electron chi connectivity index (χ1n) is 11.2. The van der Waals surface area contributed by atoms with Crippen molar-refractivity contribution in [3.8, 4) is 23.0 Å². The summed E-state index contributed by atoms with van der Waals surface area (Å²) in [6, 6.07) is 27.4. The van der Waals surface area contributed by atoms with Crippen molar-refractivity contribution in [1.82, 2.24) is 15.1 Å². The molecule has 0 aliphatic rings. The molecule has 0 aliphatic heterocycles. The van der Waals surface area contributed by atoms with Crippen LogP contribution in [0.3, 0.4) is 0 Å². The van der Waals surface area contributed by atoms with E-state index in [2.05, 4.69) is 24.4 Å².